The zero-order valence-corrected chi connectivity index (χ0v) is 16.5. The predicted octanol–water partition coefficient (Wildman–Crippen LogP) is 4.74. The summed E-state index contributed by atoms with van der Waals surface area (Å²) >= 11 is 5.94. The van der Waals surface area contributed by atoms with E-state index in [0.717, 1.165) is 11.1 Å². The second kappa shape index (κ2) is 7.54. The van der Waals surface area contributed by atoms with Crippen molar-refractivity contribution >= 4 is 17.5 Å². The first-order chi connectivity index (χ1) is 14.6. The maximum absolute atomic E-state index is 13.3. The molecule has 152 valence electrons. The number of benzene rings is 3. The van der Waals surface area contributed by atoms with E-state index in [1.165, 1.54) is 12.1 Å². The normalized spacial score (nSPS) is 19.5. The summed E-state index contributed by atoms with van der Waals surface area (Å²) < 4.78 is 30.2. The van der Waals surface area contributed by atoms with Crippen LogP contribution in [0.25, 0.3) is 0 Å². The maximum Gasteiger partial charge on any atom is 0.267 e. The van der Waals surface area contributed by atoms with Gasteiger partial charge in [-0.1, -0.05) is 29.8 Å². The number of hydrogen-bond donors (Lipinski definition) is 0. The molecule has 0 saturated carbocycles. The summed E-state index contributed by atoms with van der Waals surface area (Å²) in [6, 6.07) is 18.3. The Bertz CT molecular complexity index is 1030. The Morgan fingerprint density at radius 1 is 1.00 bits per heavy atom. The summed E-state index contributed by atoms with van der Waals surface area (Å²) in [4.78, 5) is 14.7. The Kier molecular flexibility index (Phi) is 4.71. The largest absolute Gasteiger partial charge is 0.478 e. The fourth-order valence-corrected chi connectivity index (χ4v) is 3.83. The summed E-state index contributed by atoms with van der Waals surface area (Å²) in [5.41, 5.74) is 1.71. The first-order valence-electron chi connectivity index (χ1n) is 9.45. The fraction of sp³-hybridized carbons (Fsp3) is 0.174. The van der Waals surface area contributed by atoms with Crippen molar-refractivity contribution in [2.45, 2.75) is 18.7 Å². The molecule has 0 unspecified atom stereocenters. The lowest BCUT2D eigenvalue weighted by molar-refractivity contribution is -0.165. The zero-order valence-electron chi connectivity index (χ0n) is 15.8. The van der Waals surface area contributed by atoms with Crippen LogP contribution < -0.4 is 14.2 Å². The highest BCUT2D eigenvalue weighted by atomic mass is 35.5. The number of carbonyl (C=O) groups is 1. The molecule has 1 saturated heterocycles. The van der Waals surface area contributed by atoms with Crippen LogP contribution >= 0.6 is 11.6 Å². The molecule has 2 atom stereocenters. The molecule has 0 aromatic heterocycles. The van der Waals surface area contributed by atoms with Crippen LogP contribution in [-0.2, 0) is 11.3 Å². The lowest BCUT2D eigenvalue weighted by atomic mass is 9.89. The summed E-state index contributed by atoms with van der Waals surface area (Å²) in [5.74, 6) is 1.41. The van der Waals surface area contributed by atoms with Crippen molar-refractivity contribution in [2.75, 3.05) is 6.79 Å². The quantitative estimate of drug-likeness (QED) is 0.554. The van der Waals surface area contributed by atoms with Gasteiger partial charge < -0.3 is 19.1 Å². The highest BCUT2D eigenvalue weighted by Crippen LogP contribution is 2.42. The van der Waals surface area contributed by atoms with Crippen LogP contribution in [0.15, 0.2) is 66.7 Å². The predicted molar refractivity (Wildman–Crippen MR) is 108 cm³/mol. The molecule has 0 spiro atoms. The average Bonchev–Trinajstić information content (AvgIpc) is 3.23. The van der Waals surface area contributed by atoms with E-state index in [-0.39, 0.29) is 24.6 Å². The minimum Gasteiger partial charge on any atom is -0.478 e. The van der Waals surface area contributed by atoms with Crippen molar-refractivity contribution in [1.82, 2.24) is 4.90 Å². The molecular weight excluding hydrogens is 409 g/mol. The number of halogens is 2. The molecule has 0 radical (unpaired) electrons. The first-order valence-corrected chi connectivity index (χ1v) is 9.83. The molecule has 0 aliphatic carbocycles. The van der Waals surface area contributed by atoms with Gasteiger partial charge in [0, 0.05) is 11.6 Å². The fourth-order valence-electron chi connectivity index (χ4n) is 3.71. The van der Waals surface area contributed by atoms with Crippen LogP contribution in [0.4, 0.5) is 4.39 Å². The molecule has 1 fully saturated rings. The lowest BCUT2D eigenvalue weighted by Crippen LogP contribution is -2.60. The number of ether oxygens (including phenoxy) is 3. The Balaban J connectivity index is 1.44. The third-order valence-electron chi connectivity index (χ3n) is 5.23. The van der Waals surface area contributed by atoms with Crippen molar-refractivity contribution in [1.29, 1.82) is 0 Å². The van der Waals surface area contributed by atoms with Crippen LogP contribution in [0.5, 0.6) is 17.2 Å². The number of carbonyl (C=O) groups excluding carboxylic acids is 1. The average molecular weight is 426 g/mol. The summed E-state index contributed by atoms with van der Waals surface area (Å²) in [7, 11) is 0. The van der Waals surface area contributed by atoms with Crippen LogP contribution in [0, 0.1) is 5.82 Å². The van der Waals surface area contributed by atoms with E-state index in [1.807, 2.05) is 18.2 Å². The van der Waals surface area contributed by atoms with Crippen LogP contribution in [0.2, 0.25) is 5.02 Å². The number of hydrogen-bond acceptors (Lipinski definition) is 4. The second-order valence-corrected chi connectivity index (χ2v) is 7.58. The highest BCUT2D eigenvalue weighted by molar-refractivity contribution is 6.30. The topological polar surface area (TPSA) is 48.0 Å². The number of nitrogens with zero attached hydrogens (tertiary/aromatic N) is 1. The van der Waals surface area contributed by atoms with Crippen molar-refractivity contribution in [2.24, 2.45) is 0 Å². The molecule has 2 aliphatic rings. The second-order valence-electron chi connectivity index (χ2n) is 7.14. The molecule has 5 rings (SSSR count). The molecule has 1 amide bonds. The highest BCUT2D eigenvalue weighted by Gasteiger charge is 2.50. The SMILES string of the molecule is O=C1[C@H](Oc2ccc(Cl)cc2)[C@H](c2ccc3c(c2)OCO3)N1Cc1ccc(F)cc1. The third kappa shape index (κ3) is 3.44. The van der Waals surface area contributed by atoms with Gasteiger partial charge >= 0.3 is 0 Å². The van der Waals surface area contributed by atoms with Gasteiger partial charge in [-0.2, -0.15) is 0 Å². The molecule has 30 heavy (non-hydrogen) atoms. The Morgan fingerprint density at radius 2 is 1.73 bits per heavy atom. The van der Waals surface area contributed by atoms with Gasteiger partial charge in [0.15, 0.2) is 11.5 Å². The van der Waals surface area contributed by atoms with Crippen molar-refractivity contribution in [3.63, 3.8) is 0 Å². The van der Waals surface area contributed by atoms with E-state index >= 15 is 0 Å². The molecule has 7 heteroatoms. The molecule has 0 N–H and O–H groups in total. The Labute approximate surface area is 177 Å². The molecule has 3 aromatic carbocycles. The molecule has 2 aliphatic heterocycles. The molecule has 2 heterocycles. The summed E-state index contributed by atoms with van der Waals surface area (Å²) in [6.45, 7) is 0.519. The van der Waals surface area contributed by atoms with E-state index in [0.29, 0.717) is 28.8 Å². The lowest BCUT2D eigenvalue weighted by Gasteiger charge is -2.46. The van der Waals surface area contributed by atoms with Gasteiger partial charge in [0.2, 0.25) is 12.9 Å². The van der Waals surface area contributed by atoms with Crippen LogP contribution in [0.3, 0.4) is 0 Å². The van der Waals surface area contributed by atoms with Crippen LogP contribution in [0.1, 0.15) is 17.2 Å². The third-order valence-corrected chi connectivity index (χ3v) is 5.48. The number of β-lactam (4-membered cyclic amide) rings is 1. The molecular formula is C23H17ClFNO4. The van der Waals surface area contributed by atoms with Gasteiger partial charge in [0.1, 0.15) is 17.6 Å². The minimum atomic E-state index is -0.688. The van der Waals surface area contributed by atoms with Gasteiger partial charge in [0.05, 0.1) is 0 Å². The maximum atomic E-state index is 13.3. The molecule has 5 nitrogen and oxygen atoms in total. The first kappa shape index (κ1) is 18.8. The van der Waals surface area contributed by atoms with Gasteiger partial charge in [-0.3, -0.25) is 4.79 Å². The Hall–Kier alpha value is -3.25. The minimum absolute atomic E-state index is 0.142. The van der Waals surface area contributed by atoms with E-state index < -0.39 is 6.10 Å². The zero-order chi connectivity index (χ0) is 20.7. The van der Waals surface area contributed by atoms with E-state index in [1.54, 1.807) is 41.3 Å². The number of rotatable bonds is 5. The van der Waals surface area contributed by atoms with Crippen LogP contribution in [-0.4, -0.2) is 23.7 Å². The standard InChI is InChI=1S/C23H17ClFNO4/c24-16-4-8-18(9-5-16)30-22-21(15-3-10-19-20(11-15)29-13-28-19)26(23(22)27)12-14-1-6-17(25)7-2-14/h1-11,21-22H,12-13H2/t21-,22+/m0/s1. The van der Waals surface area contributed by atoms with E-state index in [4.69, 9.17) is 25.8 Å². The Morgan fingerprint density at radius 3 is 2.50 bits per heavy atom. The molecule has 3 aromatic rings. The summed E-state index contributed by atoms with van der Waals surface area (Å²) in [5, 5.41) is 0.590. The monoisotopic (exact) mass is 425 g/mol. The summed E-state index contributed by atoms with van der Waals surface area (Å²) in [6.07, 6.45) is -0.688. The van der Waals surface area contributed by atoms with Gasteiger partial charge in [-0.15, -0.1) is 0 Å². The number of amides is 1. The van der Waals surface area contributed by atoms with Crippen molar-refractivity contribution < 1.29 is 23.4 Å². The van der Waals surface area contributed by atoms with Gasteiger partial charge in [0.25, 0.3) is 5.91 Å². The van der Waals surface area contributed by atoms with Gasteiger partial charge in [-0.25, -0.2) is 4.39 Å². The number of fused-ring (bicyclic) bond motifs is 1. The number of likely N-dealkylation sites (tertiary alicyclic amines) is 1. The van der Waals surface area contributed by atoms with E-state index in [2.05, 4.69) is 0 Å². The van der Waals surface area contributed by atoms with E-state index in [9.17, 15) is 9.18 Å². The van der Waals surface area contributed by atoms with Gasteiger partial charge in [-0.05, 0) is 59.7 Å². The van der Waals surface area contributed by atoms with Crippen molar-refractivity contribution in [3.05, 3.63) is 88.7 Å². The van der Waals surface area contributed by atoms with Crippen molar-refractivity contribution in [3.8, 4) is 17.2 Å². The smallest absolute Gasteiger partial charge is 0.267 e. The molecule has 0 bridgehead atoms.